The van der Waals surface area contributed by atoms with Gasteiger partial charge in [-0.2, -0.15) is 0 Å². The molecule has 0 unspecified atom stereocenters. The Labute approximate surface area is 110 Å². The summed E-state index contributed by atoms with van der Waals surface area (Å²) in [5.41, 5.74) is 2.07. The van der Waals surface area contributed by atoms with Crippen molar-refractivity contribution in [1.29, 1.82) is 0 Å². The second kappa shape index (κ2) is 5.48. The molecule has 19 heavy (non-hydrogen) atoms. The number of aryl methyl sites for hydroxylation is 1. The van der Waals surface area contributed by atoms with E-state index in [0.29, 0.717) is 17.2 Å². The van der Waals surface area contributed by atoms with E-state index >= 15 is 0 Å². The highest BCUT2D eigenvalue weighted by Crippen LogP contribution is 2.22. The van der Waals surface area contributed by atoms with E-state index in [1.807, 2.05) is 24.3 Å². The summed E-state index contributed by atoms with van der Waals surface area (Å²) in [5, 5.41) is 8.82. The Morgan fingerprint density at radius 3 is 2.79 bits per heavy atom. The maximum absolute atomic E-state index is 10.7. The summed E-state index contributed by atoms with van der Waals surface area (Å²) in [6, 6.07) is 9.15. The lowest BCUT2D eigenvalue weighted by molar-refractivity contribution is -0.136. The number of rotatable bonds is 4. The third-order valence-electron chi connectivity index (χ3n) is 2.59. The standard InChI is InChI=1S/C14H14N2O3/c1-9-15-11(8-14(17)18)7-13(16-9)10-4-3-5-12(6-10)19-2/h3-7H,8H2,1-2H3,(H,17,18). The van der Waals surface area contributed by atoms with Gasteiger partial charge in [-0.25, -0.2) is 9.97 Å². The van der Waals surface area contributed by atoms with Crippen molar-refractivity contribution >= 4 is 5.97 Å². The van der Waals surface area contributed by atoms with E-state index in [2.05, 4.69) is 9.97 Å². The second-order valence-electron chi connectivity index (χ2n) is 4.09. The molecular weight excluding hydrogens is 244 g/mol. The third-order valence-corrected chi connectivity index (χ3v) is 2.59. The van der Waals surface area contributed by atoms with Crippen LogP contribution < -0.4 is 4.74 Å². The summed E-state index contributed by atoms with van der Waals surface area (Å²) in [6.07, 6.45) is -0.111. The summed E-state index contributed by atoms with van der Waals surface area (Å²) >= 11 is 0. The molecule has 0 saturated heterocycles. The molecule has 2 rings (SSSR count). The van der Waals surface area contributed by atoms with Gasteiger partial charge in [0, 0.05) is 5.56 Å². The largest absolute Gasteiger partial charge is 0.497 e. The number of carboxylic acid groups (broad SMARTS) is 1. The molecule has 0 spiro atoms. The molecule has 0 aliphatic rings. The van der Waals surface area contributed by atoms with E-state index in [9.17, 15) is 4.79 Å². The molecule has 1 N–H and O–H groups in total. The van der Waals surface area contributed by atoms with Crippen molar-refractivity contribution in [3.05, 3.63) is 41.9 Å². The topological polar surface area (TPSA) is 72.3 Å². The van der Waals surface area contributed by atoms with E-state index < -0.39 is 5.97 Å². The lowest BCUT2D eigenvalue weighted by atomic mass is 10.1. The van der Waals surface area contributed by atoms with Gasteiger partial charge < -0.3 is 9.84 Å². The van der Waals surface area contributed by atoms with Crippen LogP contribution in [0.25, 0.3) is 11.3 Å². The number of aromatic nitrogens is 2. The second-order valence-corrected chi connectivity index (χ2v) is 4.09. The number of carbonyl (C=O) groups is 1. The maximum atomic E-state index is 10.7. The Morgan fingerprint density at radius 1 is 1.32 bits per heavy atom. The summed E-state index contributed by atoms with van der Waals surface area (Å²) in [7, 11) is 1.60. The van der Waals surface area contributed by atoms with Gasteiger partial charge in [-0.3, -0.25) is 4.79 Å². The van der Waals surface area contributed by atoms with Gasteiger partial charge >= 0.3 is 5.97 Å². The van der Waals surface area contributed by atoms with Crippen LogP contribution in [0, 0.1) is 6.92 Å². The molecule has 0 amide bonds. The van der Waals surface area contributed by atoms with Crippen LogP contribution >= 0.6 is 0 Å². The number of ether oxygens (including phenoxy) is 1. The van der Waals surface area contributed by atoms with Crippen LogP contribution in [0.1, 0.15) is 11.5 Å². The minimum Gasteiger partial charge on any atom is -0.497 e. The van der Waals surface area contributed by atoms with E-state index in [1.54, 1.807) is 20.1 Å². The van der Waals surface area contributed by atoms with Crippen LogP contribution in [-0.4, -0.2) is 28.2 Å². The van der Waals surface area contributed by atoms with Crippen molar-refractivity contribution in [3.8, 4) is 17.0 Å². The zero-order valence-corrected chi connectivity index (χ0v) is 10.8. The van der Waals surface area contributed by atoms with Gasteiger partial charge in [0.2, 0.25) is 0 Å². The number of carboxylic acids is 1. The molecule has 98 valence electrons. The Hall–Kier alpha value is -2.43. The third kappa shape index (κ3) is 3.28. The number of nitrogens with zero attached hydrogens (tertiary/aromatic N) is 2. The van der Waals surface area contributed by atoms with Crippen LogP contribution in [0.3, 0.4) is 0 Å². The Kier molecular flexibility index (Phi) is 3.75. The highest BCUT2D eigenvalue weighted by Gasteiger charge is 2.08. The summed E-state index contributed by atoms with van der Waals surface area (Å²) in [6.45, 7) is 1.75. The van der Waals surface area contributed by atoms with E-state index in [1.165, 1.54) is 0 Å². The lowest BCUT2D eigenvalue weighted by Gasteiger charge is -2.06. The van der Waals surface area contributed by atoms with Crippen molar-refractivity contribution in [2.45, 2.75) is 13.3 Å². The summed E-state index contributed by atoms with van der Waals surface area (Å²) < 4.78 is 5.16. The van der Waals surface area contributed by atoms with Crippen molar-refractivity contribution in [3.63, 3.8) is 0 Å². The number of methoxy groups -OCH3 is 1. The first-order chi connectivity index (χ1) is 9.08. The summed E-state index contributed by atoms with van der Waals surface area (Å²) in [4.78, 5) is 19.2. The fourth-order valence-electron chi connectivity index (χ4n) is 1.81. The molecule has 0 fully saturated rings. The molecule has 1 heterocycles. The average molecular weight is 258 g/mol. The molecule has 0 saturated carbocycles. The number of benzene rings is 1. The minimum absolute atomic E-state index is 0.111. The number of hydrogen-bond donors (Lipinski definition) is 1. The van der Waals surface area contributed by atoms with Crippen molar-refractivity contribution in [1.82, 2.24) is 9.97 Å². The van der Waals surface area contributed by atoms with Crippen LogP contribution in [0.4, 0.5) is 0 Å². The number of hydrogen-bond acceptors (Lipinski definition) is 4. The van der Waals surface area contributed by atoms with Crippen molar-refractivity contribution in [2.24, 2.45) is 0 Å². The molecule has 5 nitrogen and oxygen atoms in total. The van der Waals surface area contributed by atoms with Gasteiger partial charge in [-0.15, -0.1) is 0 Å². The highest BCUT2D eigenvalue weighted by atomic mass is 16.5. The van der Waals surface area contributed by atoms with Crippen LogP contribution in [0.15, 0.2) is 30.3 Å². The highest BCUT2D eigenvalue weighted by molar-refractivity contribution is 5.70. The first kappa shape index (κ1) is 13.0. The first-order valence-electron chi connectivity index (χ1n) is 5.79. The van der Waals surface area contributed by atoms with Gasteiger partial charge in [-0.1, -0.05) is 12.1 Å². The molecule has 2 aromatic rings. The van der Waals surface area contributed by atoms with Gasteiger partial charge in [0.25, 0.3) is 0 Å². The number of aliphatic carboxylic acids is 1. The molecular formula is C14H14N2O3. The van der Waals surface area contributed by atoms with Gasteiger partial charge in [-0.05, 0) is 25.1 Å². The normalized spacial score (nSPS) is 10.2. The van der Waals surface area contributed by atoms with Crippen molar-refractivity contribution in [2.75, 3.05) is 7.11 Å². The minimum atomic E-state index is -0.908. The molecule has 0 aliphatic carbocycles. The van der Waals surface area contributed by atoms with E-state index in [4.69, 9.17) is 9.84 Å². The molecule has 0 aliphatic heterocycles. The first-order valence-corrected chi connectivity index (χ1v) is 5.79. The Bertz CT molecular complexity index is 611. The molecule has 0 radical (unpaired) electrons. The summed E-state index contributed by atoms with van der Waals surface area (Å²) in [5.74, 6) is 0.375. The fraction of sp³-hybridized carbons (Fsp3) is 0.214. The molecule has 5 heteroatoms. The zero-order chi connectivity index (χ0) is 13.8. The quantitative estimate of drug-likeness (QED) is 0.909. The SMILES string of the molecule is COc1cccc(-c2cc(CC(=O)O)nc(C)n2)c1. The average Bonchev–Trinajstić information content (AvgIpc) is 2.37. The van der Waals surface area contributed by atoms with Crippen LogP contribution in [0.5, 0.6) is 5.75 Å². The van der Waals surface area contributed by atoms with Crippen LogP contribution in [0.2, 0.25) is 0 Å². The Balaban J connectivity index is 2.43. The van der Waals surface area contributed by atoms with Crippen LogP contribution in [-0.2, 0) is 11.2 Å². The predicted octanol–water partition coefficient (Wildman–Crippen LogP) is 2.09. The van der Waals surface area contributed by atoms with E-state index in [0.717, 1.165) is 11.3 Å². The fourth-order valence-corrected chi connectivity index (χ4v) is 1.81. The predicted molar refractivity (Wildman–Crippen MR) is 70.1 cm³/mol. The van der Waals surface area contributed by atoms with Gasteiger partial charge in [0.15, 0.2) is 0 Å². The van der Waals surface area contributed by atoms with E-state index in [-0.39, 0.29) is 6.42 Å². The zero-order valence-electron chi connectivity index (χ0n) is 10.8. The monoisotopic (exact) mass is 258 g/mol. The molecule has 1 aromatic heterocycles. The maximum Gasteiger partial charge on any atom is 0.309 e. The molecule has 0 bridgehead atoms. The Morgan fingerprint density at radius 2 is 2.11 bits per heavy atom. The van der Waals surface area contributed by atoms with Gasteiger partial charge in [0.1, 0.15) is 11.6 Å². The van der Waals surface area contributed by atoms with Gasteiger partial charge in [0.05, 0.1) is 24.9 Å². The van der Waals surface area contributed by atoms with Crippen molar-refractivity contribution < 1.29 is 14.6 Å². The lowest BCUT2D eigenvalue weighted by Crippen LogP contribution is -2.05. The smallest absolute Gasteiger partial charge is 0.309 e. The molecule has 0 atom stereocenters. The molecule has 1 aromatic carbocycles.